The number of hydrogen-bond acceptors (Lipinski definition) is 1. The smallest absolute Gasteiger partial charge is 0.00721 e. The van der Waals surface area contributed by atoms with Crippen LogP contribution < -0.4 is 5.73 Å². The Bertz CT molecular complexity index is 120. The molecule has 66 valence electrons. The van der Waals surface area contributed by atoms with Crippen LogP contribution in [-0.2, 0) is 0 Å². The Balaban J connectivity index is 2.44. The molecule has 0 heterocycles. The first-order valence-electron chi connectivity index (χ1n) is 4.87. The van der Waals surface area contributed by atoms with Gasteiger partial charge < -0.3 is 5.73 Å². The van der Waals surface area contributed by atoms with Crippen LogP contribution in [0.25, 0.3) is 0 Å². The van der Waals surface area contributed by atoms with Crippen molar-refractivity contribution in [1.29, 1.82) is 0 Å². The molecule has 1 aliphatic rings. The molecule has 1 aliphatic carbocycles. The quantitative estimate of drug-likeness (QED) is 0.618. The van der Waals surface area contributed by atoms with Crippen LogP contribution in [0.5, 0.6) is 0 Å². The summed E-state index contributed by atoms with van der Waals surface area (Å²) >= 11 is 0. The summed E-state index contributed by atoms with van der Waals surface area (Å²) in [5.74, 6) is 2.42. The molecule has 0 spiro atoms. The van der Waals surface area contributed by atoms with Gasteiger partial charge >= 0.3 is 0 Å². The minimum absolute atomic E-state index is 0.471. The largest absolute Gasteiger partial charge is 0.327 e. The molecule has 0 aliphatic heterocycles. The Kier molecular flexibility index (Phi) is 2.94. The van der Waals surface area contributed by atoms with E-state index in [9.17, 15) is 0 Å². The molecule has 3 atom stereocenters. The maximum absolute atomic E-state index is 6.07. The zero-order valence-electron chi connectivity index (χ0n) is 8.01. The van der Waals surface area contributed by atoms with Crippen molar-refractivity contribution in [3.63, 3.8) is 0 Å². The summed E-state index contributed by atoms with van der Waals surface area (Å²) in [5.41, 5.74) is 6.07. The second kappa shape index (κ2) is 3.57. The van der Waals surface area contributed by atoms with Crippen molar-refractivity contribution in [2.45, 2.75) is 46.1 Å². The van der Waals surface area contributed by atoms with E-state index in [1.165, 1.54) is 19.3 Å². The number of rotatable bonds is 1. The van der Waals surface area contributed by atoms with Crippen molar-refractivity contribution in [1.82, 2.24) is 0 Å². The molecule has 0 radical (unpaired) electrons. The van der Waals surface area contributed by atoms with Crippen molar-refractivity contribution in [3.05, 3.63) is 0 Å². The summed E-state index contributed by atoms with van der Waals surface area (Å²) in [4.78, 5) is 0. The molecule has 1 saturated carbocycles. The summed E-state index contributed by atoms with van der Waals surface area (Å²) in [5, 5.41) is 0. The predicted molar refractivity (Wildman–Crippen MR) is 49.3 cm³/mol. The maximum atomic E-state index is 6.07. The molecule has 1 heteroatoms. The first-order chi connectivity index (χ1) is 5.11. The van der Waals surface area contributed by atoms with Crippen LogP contribution in [0.15, 0.2) is 0 Å². The van der Waals surface area contributed by atoms with Crippen molar-refractivity contribution in [2.24, 2.45) is 23.5 Å². The molecule has 1 fully saturated rings. The average molecular weight is 155 g/mol. The van der Waals surface area contributed by atoms with Crippen LogP contribution >= 0.6 is 0 Å². The molecule has 11 heavy (non-hydrogen) atoms. The van der Waals surface area contributed by atoms with E-state index in [2.05, 4.69) is 20.8 Å². The fraction of sp³-hybridized carbons (Fsp3) is 1.00. The lowest BCUT2D eigenvalue weighted by Gasteiger charge is -2.34. The van der Waals surface area contributed by atoms with Gasteiger partial charge in [0.15, 0.2) is 0 Å². The highest BCUT2D eigenvalue weighted by Gasteiger charge is 2.27. The van der Waals surface area contributed by atoms with Gasteiger partial charge in [-0.05, 0) is 30.6 Å². The fourth-order valence-electron chi connectivity index (χ4n) is 2.28. The Hall–Kier alpha value is -0.0400. The third kappa shape index (κ3) is 2.19. The van der Waals surface area contributed by atoms with E-state index in [1.54, 1.807) is 0 Å². The molecular formula is C10H21N. The molecule has 0 saturated heterocycles. The van der Waals surface area contributed by atoms with Gasteiger partial charge in [0.05, 0.1) is 0 Å². The Morgan fingerprint density at radius 2 is 1.91 bits per heavy atom. The number of nitrogens with two attached hydrogens (primary N) is 1. The van der Waals surface area contributed by atoms with Gasteiger partial charge in [-0.1, -0.05) is 27.2 Å². The molecular weight excluding hydrogens is 134 g/mol. The van der Waals surface area contributed by atoms with E-state index in [4.69, 9.17) is 5.73 Å². The maximum Gasteiger partial charge on any atom is 0.00721 e. The van der Waals surface area contributed by atoms with Crippen LogP contribution in [0.2, 0.25) is 0 Å². The minimum Gasteiger partial charge on any atom is -0.327 e. The van der Waals surface area contributed by atoms with E-state index in [1.807, 2.05) is 0 Å². The minimum atomic E-state index is 0.471. The Morgan fingerprint density at radius 3 is 2.36 bits per heavy atom. The van der Waals surface area contributed by atoms with Crippen molar-refractivity contribution >= 4 is 0 Å². The monoisotopic (exact) mass is 155 g/mol. The standard InChI is InChI=1S/C10H21N/c1-7(2)9-5-4-8(3)6-10(9)11/h7-10H,4-6,11H2,1-3H3/t8?,9-,10?/m0/s1. The third-order valence-corrected chi connectivity index (χ3v) is 3.07. The van der Waals surface area contributed by atoms with Gasteiger partial charge in [0.25, 0.3) is 0 Å². The normalized spacial score (nSPS) is 39.5. The van der Waals surface area contributed by atoms with E-state index in [0.29, 0.717) is 6.04 Å². The van der Waals surface area contributed by atoms with Crippen LogP contribution in [-0.4, -0.2) is 6.04 Å². The highest BCUT2D eigenvalue weighted by Crippen LogP contribution is 2.31. The Labute approximate surface area is 70.4 Å². The third-order valence-electron chi connectivity index (χ3n) is 3.07. The van der Waals surface area contributed by atoms with Crippen LogP contribution in [0, 0.1) is 17.8 Å². The molecule has 2 unspecified atom stereocenters. The molecule has 0 bridgehead atoms. The molecule has 1 rings (SSSR count). The lowest BCUT2D eigenvalue weighted by molar-refractivity contribution is 0.199. The lowest BCUT2D eigenvalue weighted by Crippen LogP contribution is -2.38. The first kappa shape index (κ1) is 9.05. The van der Waals surface area contributed by atoms with Crippen molar-refractivity contribution < 1.29 is 0 Å². The topological polar surface area (TPSA) is 26.0 Å². The van der Waals surface area contributed by atoms with E-state index < -0.39 is 0 Å². The predicted octanol–water partition coefficient (Wildman–Crippen LogP) is 2.41. The zero-order chi connectivity index (χ0) is 8.43. The van der Waals surface area contributed by atoms with Gasteiger partial charge in [-0.3, -0.25) is 0 Å². The molecule has 0 aromatic heterocycles. The Morgan fingerprint density at radius 1 is 1.27 bits per heavy atom. The van der Waals surface area contributed by atoms with Crippen molar-refractivity contribution in [2.75, 3.05) is 0 Å². The van der Waals surface area contributed by atoms with Crippen LogP contribution in [0.1, 0.15) is 40.0 Å². The summed E-state index contributed by atoms with van der Waals surface area (Å²) < 4.78 is 0. The van der Waals surface area contributed by atoms with E-state index in [0.717, 1.165) is 17.8 Å². The summed E-state index contributed by atoms with van der Waals surface area (Å²) in [6.07, 6.45) is 3.97. The molecule has 0 aromatic carbocycles. The van der Waals surface area contributed by atoms with Crippen molar-refractivity contribution in [3.8, 4) is 0 Å². The van der Waals surface area contributed by atoms with Gasteiger partial charge in [0, 0.05) is 6.04 Å². The highest BCUT2D eigenvalue weighted by molar-refractivity contribution is 4.82. The molecule has 2 N–H and O–H groups in total. The van der Waals surface area contributed by atoms with Crippen LogP contribution in [0.4, 0.5) is 0 Å². The second-order valence-corrected chi connectivity index (χ2v) is 4.49. The van der Waals surface area contributed by atoms with Gasteiger partial charge in [-0.15, -0.1) is 0 Å². The van der Waals surface area contributed by atoms with Crippen LogP contribution in [0.3, 0.4) is 0 Å². The summed E-state index contributed by atoms with van der Waals surface area (Å²) in [7, 11) is 0. The SMILES string of the molecule is CC1CC[C@@H](C(C)C)C(N)C1. The van der Waals surface area contributed by atoms with Gasteiger partial charge in [0.2, 0.25) is 0 Å². The molecule has 0 amide bonds. The first-order valence-corrected chi connectivity index (χ1v) is 4.87. The summed E-state index contributed by atoms with van der Waals surface area (Å²) in [6, 6.07) is 0.471. The second-order valence-electron chi connectivity index (χ2n) is 4.49. The van der Waals surface area contributed by atoms with Gasteiger partial charge in [0.1, 0.15) is 0 Å². The summed E-state index contributed by atoms with van der Waals surface area (Å²) in [6.45, 7) is 6.90. The molecule has 0 aromatic rings. The van der Waals surface area contributed by atoms with Gasteiger partial charge in [-0.25, -0.2) is 0 Å². The lowest BCUT2D eigenvalue weighted by atomic mass is 9.74. The molecule has 1 nitrogen and oxygen atoms in total. The van der Waals surface area contributed by atoms with E-state index >= 15 is 0 Å². The zero-order valence-corrected chi connectivity index (χ0v) is 8.01. The van der Waals surface area contributed by atoms with Gasteiger partial charge in [-0.2, -0.15) is 0 Å². The average Bonchev–Trinajstić information content (AvgIpc) is 1.85. The highest BCUT2D eigenvalue weighted by atomic mass is 14.7. The number of hydrogen-bond donors (Lipinski definition) is 1. The van der Waals surface area contributed by atoms with E-state index in [-0.39, 0.29) is 0 Å². The fourth-order valence-corrected chi connectivity index (χ4v) is 2.28.